The fraction of sp³-hybridized carbons (Fsp3) is 0. The molecule has 2 N–H and O–H groups in total. The van der Waals surface area contributed by atoms with Crippen molar-refractivity contribution in [1.82, 2.24) is 0 Å². The summed E-state index contributed by atoms with van der Waals surface area (Å²) in [7, 11) is 0. The van der Waals surface area contributed by atoms with Crippen LogP contribution in [0.2, 0.25) is 0 Å². The van der Waals surface area contributed by atoms with Crippen LogP contribution in [0.1, 0.15) is 11.1 Å². The van der Waals surface area contributed by atoms with Crippen LogP contribution >= 0.6 is 11.8 Å². The maximum atomic E-state index is 12.1. The number of fused-ring (bicyclic) bond motifs is 1. The fourth-order valence-electron chi connectivity index (χ4n) is 2.12. The Bertz CT molecular complexity index is 822. The Morgan fingerprint density at radius 3 is 2.48 bits per heavy atom. The summed E-state index contributed by atoms with van der Waals surface area (Å²) in [5.74, 6) is -1.10. The number of hydrogen-bond donors (Lipinski definition) is 2. The quantitative estimate of drug-likeness (QED) is 0.842. The molecule has 0 aromatic heterocycles. The molecule has 23 heavy (non-hydrogen) atoms. The van der Waals surface area contributed by atoms with Crippen LogP contribution in [0.4, 0.5) is 5.69 Å². The summed E-state index contributed by atoms with van der Waals surface area (Å²) in [5, 5.41) is 11.5. The maximum absolute atomic E-state index is 12.1. The minimum absolute atomic E-state index is 0.122. The predicted octanol–water partition coefficient (Wildman–Crippen LogP) is 3.87. The third-order valence-electron chi connectivity index (χ3n) is 3.23. The zero-order valence-corrected chi connectivity index (χ0v) is 12.8. The Morgan fingerprint density at radius 1 is 1.04 bits per heavy atom. The molecular weight excluding hydrogens is 310 g/mol. The SMILES string of the molecule is O=C(O)/C=C/c1ccc(C=C2Sc3ccccc3NC2=O)cc1. The molecule has 4 nitrogen and oxygen atoms in total. The molecule has 0 bridgehead atoms. The number of hydrogen-bond acceptors (Lipinski definition) is 3. The maximum Gasteiger partial charge on any atom is 0.328 e. The molecule has 114 valence electrons. The van der Waals surface area contributed by atoms with E-state index in [4.69, 9.17) is 5.11 Å². The molecule has 3 rings (SSSR count). The minimum atomic E-state index is -0.981. The zero-order chi connectivity index (χ0) is 16.2. The van der Waals surface area contributed by atoms with E-state index in [-0.39, 0.29) is 5.91 Å². The standard InChI is InChI=1S/C18H13NO3S/c20-17(21)10-9-12-5-7-13(8-6-12)11-16-18(22)19-14-3-1-2-4-15(14)23-16/h1-11H,(H,19,22)(H,20,21)/b10-9+,16-11?. The summed E-state index contributed by atoms with van der Waals surface area (Å²) in [6, 6.07) is 15.0. The van der Waals surface area contributed by atoms with Crippen molar-refractivity contribution in [1.29, 1.82) is 0 Å². The first-order valence-electron chi connectivity index (χ1n) is 6.93. The molecule has 1 aliphatic heterocycles. The second-order valence-electron chi connectivity index (χ2n) is 4.90. The Morgan fingerprint density at radius 2 is 1.74 bits per heavy atom. The average Bonchev–Trinajstić information content (AvgIpc) is 2.55. The lowest BCUT2D eigenvalue weighted by Gasteiger charge is -2.18. The average molecular weight is 323 g/mol. The van der Waals surface area contributed by atoms with Gasteiger partial charge in [0.05, 0.1) is 10.6 Å². The van der Waals surface area contributed by atoms with Crippen LogP contribution in [0, 0.1) is 0 Å². The monoisotopic (exact) mass is 323 g/mol. The van der Waals surface area contributed by atoms with Crippen molar-refractivity contribution in [3.8, 4) is 0 Å². The lowest BCUT2D eigenvalue weighted by molar-refractivity contribution is -0.131. The molecule has 0 aliphatic carbocycles. The van der Waals surface area contributed by atoms with Gasteiger partial charge in [-0.3, -0.25) is 4.79 Å². The van der Waals surface area contributed by atoms with Gasteiger partial charge in [-0.15, -0.1) is 0 Å². The number of rotatable bonds is 3. The van der Waals surface area contributed by atoms with E-state index in [0.717, 1.165) is 27.8 Å². The van der Waals surface area contributed by atoms with Gasteiger partial charge in [-0.2, -0.15) is 0 Å². The number of benzene rings is 2. The molecule has 0 atom stereocenters. The number of aliphatic carboxylic acids is 1. The van der Waals surface area contributed by atoms with Gasteiger partial charge in [-0.1, -0.05) is 48.2 Å². The second-order valence-corrected chi connectivity index (χ2v) is 5.98. The molecule has 1 heterocycles. The van der Waals surface area contributed by atoms with Crippen LogP contribution in [0.3, 0.4) is 0 Å². The van der Waals surface area contributed by atoms with Gasteiger partial charge >= 0.3 is 5.97 Å². The smallest absolute Gasteiger partial charge is 0.328 e. The highest BCUT2D eigenvalue weighted by Crippen LogP contribution is 2.38. The lowest BCUT2D eigenvalue weighted by Crippen LogP contribution is -2.17. The van der Waals surface area contributed by atoms with Gasteiger partial charge in [0, 0.05) is 11.0 Å². The number of nitrogens with one attached hydrogen (secondary N) is 1. The predicted molar refractivity (Wildman–Crippen MR) is 92.0 cm³/mol. The number of carbonyl (C=O) groups is 2. The number of carboxylic acids is 1. The molecule has 0 spiro atoms. The van der Waals surface area contributed by atoms with Gasteiger partial charge in [-0.05, 0) is 35.4 Å². The van der Waals surface area contributed by atoms with Gasteiger partial charge in [0.25, 0.3) is 5.91 Å². The summed E-state index contributed by atoms with van der Waals surface area (Å²) < 4.78 is 0. The van der Waals surface area contributed by atoms with Crippen molar-refractivity contribution in [2.24, 2.45) is 0 Å². The number of para-hydroxylation sites is 1. The van der Waals surface area contributed by atoms with E-state index in [1.54, 1.807) is 0 Å². The van der Waals surface area contributed by atoms with E-state index in [0.29, 0.717) is 4.91 Å². The largest absolute Gasteiger partial charge is 0.478 e. The highest BCUT2D eigenvalue weighted by molar-refractivity contribution is 8.04. The van der Waals surface area contributed by atoms with Crippen molar-refractivity contribution in [2.75, 3.05) is 5.32 Å². The first-order valence-corrected chi connectivity index (χ1v) is 7.74. The highest BCUT2D eigenvalue weighted by atomic mass is 32.2. The van der Waals surface area contributed by atoms with Gasteiger partial charge in [0.1, 0.15) is 0 Å². The van der Waals surface area contributed by atoms with Crippen LogP contribution in [0.5, 0.6) is 0 Å². The number of amides is 1. The van der Waals surface area contributed by atoms with Crippen LogP contribution in [-0.4, -0.2) is 17.0 Å². The summed E-state index contributed by atoms with van der Waals surface area (Å²) in [5.41, 5.74) is 2.50. The normalized spacial score (nSPS) is 15.5. The van der Waals surface area contributed by atoms with E-state index < -0.39 is 5.97 Å². The Labute approximate surface area is 137 Å². The third-order valence-corrected chi connectivity index (χ3v) is 4.33. The van der Waals surface area contributed by atoms with Crippen molar-refractivity contribution in [2.45, 2.75) is 4.90 Å². The van der Waals surface area contributed by atoms with E-state index in [2.05, 4.69) is 5.32 Å². The Kier molecular flexibility index (Phi) is 4.30. The van der Waals surface area contributed by atoms with Crippen LogP contribution in [-0.2, 0) is 9.59 Å². The molecule has 0 unspecified atom stereocenters. The molecule has 0 saturated carbocycles. The molecule has 1 amide bonds. The molecule has 5 heteroatoms. The van der Waals surface area contributed by atoms with Gasteiger partial charge in [0.15, 0.2) is 0 Å². The molecule has 0 radical (unpaired) electrons. The fourth-order valence-corrected chi connectivity index (χ4v) is 3.08. The first kappa shape index (κ1) is 15.1. The van der Waals surface area contributed by atoms with E-state index >= 15 is 0 Å². The second kappa shape index (κ2) is 6.54. The van der Waals surface area contributed by atoms with Crippen molar-refractivity contribution < 1.29 is 14.7 Å². The topological polar surface area (TPSA) is 66.4 Å². The van der Waals surface area contributed by atoms with E-state index in [1.165, 1.54) is 17.8 Å². The van der Waals surface area contributed by atoms with Crippen LogP contribution in [0.25, 0.3) is 12.2 Å². The molecular formula is C18H13NO3S. The Hall–Kier alpha value is -2.79. The number of carbonyl (C=O) groups excluding carboxylic acids is 1. The third kappa shape index (κ3) is 3.70. The molecule has 2 aromatic carbocycles. The lowest BCUT2D eigenvalue weighted by atomic mass is 10.1. The summed E-state index contributed by atoms with van der Waals surface area (Å²) >= 11 is 1.44. The van der Waals surface area contributed by atoms with Gasteiger partial charge in [0.2, 0.25) is 0 Å². The summed E-state index contributed by atoms with van der Waals surface area (Å²) in [6.45, 7) is 0. The van der Waals surface area contributed by atoms with E-state index in [9.17, 15) is 9.59 Å². The molecule has 1 aliphatic rings. The van der Waals surface area contributed by atoms with E-state index in [1.807, 2.05) is 54.6 Å². The van der Waals surface area contributed by atoms with Crippen molar-refractivity contribution >= 4 is 41.5 Å². The number of anilines is 1. The zero-order valence-electron chi connectivity index (χ0n) is 12.0. The van der Waals surface area contributed by atoms with Gasteiger partial charge in [-0.25, -0.2) is 4.79 Å². The van der Waals surface area contributed by atoms with Crippen molar-refractivity contribution in [3.05, 3.63) is 70.6 Å². The summed E-state index contributed by atoms with van der Waals surface area (Å²) in [6.07, 6.45) is 4.44. The summed E-state index contributed by atoms with van der Waals surface area (Å²) in [4.78, 5) is 24.3. The molecule has 2 aromatic rings. The minimum Gasteiger partial charge on any atom is -0.478 e. The van der Waals surface area contributed by atoms with Crippen LogP contribution in [0.15, 0.2) is 64.4 Å². The Balaban J connectivity index is 1.82. The number of thioether (sulfide) groups is 1. The number of carboxylic acid groups (broad SMARTS) is 1. The molecule has 0 saturated heterocycles. The molecule has 0 fully saturated rings. The van der Waals surface area contributed by atoms with Crippen LogP contribution < -0.4 is 5.32 Å². The van der Waals surface area contributed by atoms with Crippen molar-refractivity contribution in [3.63, 3.8) is 0 Å². The highest BCUT2D eigenvalue weighted by Gasteiger charge is 2.20. The van der Waals surface area contributed by atoms with Gasteiger partial charge < -0.3 is 10.4 Å². The first-order chi connectivity index (χ1) is 11.1.